The second-order valence-electron chi connectivity index (χ2n) is 13.0. The first-order valence-electron chi connectivity index (χ1n) is 16.0. The van der Waals surface area contributed by atoms with Crippen molar-refractivity contribution in [3.63, 3.8) is 0 Å². The maximum Gasteiger partial charge on any atom is 0.0464 e. The highest BCUT2D eigenvalue weighted by molar-refractivity contribution is 5.77. The van der Waals surface area contributed by atoms with Crippen molar-refractivity contribution in [2.45, 2.75) is 89.6 Å². The van der Waals surface area contributed by atoms with Crippen LogP contribution in [0.4, 0.5) is 22.7 Å². The van der Waals surface area contributed by atoms with Crippen molar-refractivity contribution in [2.75, 3.05) is 9.80 Å². The molecule has 3 atom stereocenters. The zero-order valence-electron chi connectivity index (χ0n) is 24.8. The van der Waals surface area contributed by atoms with E-state index in [0.717, 1.165) is 5.92 Å². The molecule has 0 saturated heterocycles. The van der Waals surface area contributed by atoms with Gasteiger partial charge in [-0.25, -0.2) is 0 Å². The Morgan fingerprint density at radius 1 is 0.561 bits per heavy atom. The van der Waals surface area contributed by atoms with Crippen LogP contribution >= 0.6 is 0 Å². The number of fused-ring (bicyclic) bond motifs is 3. The van der Waals surface area contributed by atoms with Gasteiger partial charge in [0.15, 0.2) is 0 Å². The van der Waals surface area contributed by atoms with Crippen LogP contribution in [0.3, 0.4) is 0 Å². The van der Waals surface area contributed by atoms with Crippen LogP contribution in [0, 0.1) is 19.8 Å². The molecule has 2 saturated carbocycles. The van der Waals surface area contributed by atoms with Crippen molar-refractivity contribution in [2.24, 2.45) is 5.92 Å². The van der Waals surface area contributed by atoms with Gasteiger partial charge in [-0.05, 0) is 124 Å². The van der Waals surface area contributed by atoms with Gasteiger partial charge < -0.3 is 9.80 Å². The molecule has 0 radical (unpaired) electrons. The smallest absolute Gasteiger partial charge is 0.0464 e. The second kappa shape index (κ2) is 11.4. The molecule has 41 heavy (non-hydrogen) atoms. The molecule has 0 spiro atoms. The average molecular weight is 541 g/mol. The molecule has 0 N–H and O–H groups in total. The fourth-order valence-corrected chi connectivity index (χ4v) is 8.19. The summed E-state index contributed by atoms with van der Waals surface area (Å²) >= 11 is 0. The van der Waals surface area contributed by atoms with Crippen LogP contribution in [0.15, 0.2) is 97.1 Å². The highest BCUT2D eigenvalue weighted by Crippen LogP contribution is 2.50. The summed E-state index contributed by atoms with van der Waals surface area (Å²) in [4.78, 5) is 5.31. The Morgan fingerprint density at radius 2 is 1.20 bits per heavy atom. The topological polar surface area (TPSA) is 6.48 Å². The minimum absolute atomic E-state index is 0.657. The van der Waals surface area contributed by atoms with Gasteiger partial charge in [-0.3, -0.25) is 0 Å². The van der Waals surface area contributed by atoms with Crippen LogP contribution < -0.4 is 9.80 Å². The van der Waals surface area contributed by atoms with E-state index in [1.807, 2.05) is 0 Å². The summed E-state index contributed by atoms with van der Waals surface area (Å²) in [5.74, 6) is 1.46. The summed E-state index contributed by atoms with van der Waals surface area (Å²) in [7, 11) is 0. The van der Waals surface area contributed by atoms with Gasteiger partial charge in [0.25, 0.3) is 0 Å². The van der Waals surface area contributed by atoms with Crippen molar-refractivity contribution in [1.29, 1.82) is 0 Å². The Balaban J connectivity index is 1.16. The van der Waals surface area contributed by atoms with Crippen LogP contribution in [0.25, 0.3) is 0 Å². The number of aryl methyl sites for hydroxylation is 2. The van der Waals surface area contributed by atoms with Crippen LogP contribution in [0.5, 0.6) is 0 Å². The van der Waals surface area contributed by atoms with Crippen LogP contribution in [-0.4, -0.2) is 12.1 Å². The fraction of sp³-hybridized carbons (Fsp3) is 0.385. The van der Waals surface area contributed by atoms with Crippen molar-refractivity contribution in [1.82, 2.24) is 0 Å². The van der Waals surface area contributed by atoms with Gasteiger partial charge in [0.05, 0.1) is 0 Å². The molecular weight excluding hydrogens is 496 g/mol. The molecule has 0 bridgehead atoms. The third kappa shape index (κ3) is 5.30. The Morgan fingerprint density at radius 3 is 1.90 bits per heavy atom. The molecule has 0 aromatic heterocycles. The lowest BCUT2D eigenvalue weighted by molar-refractivity contribution is 0.264. The van der Waals surface area contributed by atoms with Gasteiger partial charge in [-0.2, -0.15) is 0 Å². The van der Waals surface area contributed by atoms with Gasteiger partial charge in [-0.1, -0.05) is 78.9 Å². The van der Waals surface area contributed by atoms with Crippen molar-refractivity contribution in [3.05, 3.63) is 119 Å². The summed E-state index contributed by atoms with van der Waals surface area (Å²) in [5.41, 5.74) is 11.0. The summed E-state index contributed by atoms with van der Waals surface area (Å²) < 4.78 is 0. The highest BCUT2D eigenvalue weighted by atomic mass is 15.2. The van der Waals surface area contributed by atoms with Gasteiger partial charge in [-0.15, -0.1) is 0 Å². The molecule has 3 aliphatic carbocycles. The van der Waals surface area contributed by atoms with Gasteiger partial charge in [0.1, 0.15) is 0 Å². The molecular formula is C39H44N2. The lowest BCUT2D eigenvalue weighted by Gasteiger charge is -2.46. The molecule has 0 amide bonds. The molecule has 0 heterocycles. The van der Waals surface area contributed by atoms with E-state index in [4.69, 9.17) is 0 Å². The third-order valence-corrected chi connectivity index (χ3v) is 10.2. The molecule has 4 aromatic carbocycles. The Kier molecular flexibility index (Phi) is 7.33. The first-order chi connectivity index (χ1) is 20.1. The summed E-state index contributed by atoms with van der Waals surface area (Å²) in [6.07, 6.45) is 12.1. The quantitative estimate of drug-likeness (QED) is 0.240. The van der Waals surface area contributed by atoms with Crippen LogP contribution in [0.1, 0.15) is 79.5 Å². The summed E-state index contributed by atoms with van der Waals surface area (Å²) in [6, 6.07) is 37.9. The summed E-state index contributed by atoms with van der Waals surface area (Å²) in [5, 5.41) is 0. The van der Waals surface area contributed by atoms with Crippen molar-refractivity contribution >= 4 is 22.7 Å². The third-order valence-electron chi connectivity index (χ3n) is 10.2. The number of rotatable bonds is 6. The minimum Gasteiger partial charge on any atom is -0.366 e. The maximum atomic E-state index is 2.89. The van der Waals surface area contributed by atoms with Gasteiger partial charge in [0.2, 0.25) is 0 Å². The lowest BCUT2D eigenvalue weighted by atomic mass is 9.76. The predicted molar refractivity (Wildman–Crippen MR) is 174 cm³/mol. The van der Waals surface area contributed by atoms with Gasteiger partial charge in [0, 0.05) is 34.8 Å². The molecule has 3 aliphatic rings. The van der Waals surface area contributed by atoms with E-state index >= 15 is 0 Å². The number of hydrogen-bond acceptors (Lipinski definition) is 2. The normalized spacial score (nSPS) is 22.1. The number of nitrogens with zero attached hydrogens (tertiary/aromatic N) is 2. The van der Waals surface area contributed by atoms with Crippen molar-refractivity contribution in [3.8, 4) is 0 Å². The minimum atomic E-state index is 0.657. The summed E-state index contributed by atoms with van der Waals surface area (Å²) in [6.45, 7) is 4.37. The Hall–Kier alpha value is -3.52. The zero-order valence-corrected chi connectivity index (χ0v) is 24.8. The molecule has 2 fully saturated rings. The van der Waals surface area contributed by atoms with E-state index in [-0.39, 0.29) is 0 Å². The largest absolute Gasteiger partial charge is 0.366 e. The SMILES string of the molecule is Cc1ccc(N(c2ccccc2)c2ccc3c(c2)CC2C[C@H](N(c4ccc(C)cc4)C4CCCCC4)CCC32)cc1. The predicted octanol–water partition coefficient (Wildman–Crippen LogP) is 10.4. The van der Waals surface area contributed by atoms with Crippen molar-refractivity contribution < 1.29 is 0 Å². The van der Waals surface area contributed by atoms with E-state index < -0.39 is 0 Å². The Bertz CT molecular complexity index is 1450. The second-order valence-corrected chi connectivity index (χ2v) is 13.0. The molecule has 2 heteroatoms. The molecule has 4 aromatic rings. The first kappa shape index (κ1) is 26.4. The number of para-hydroxylation sites is 1. The molecule has 2 nitrogen and oxygen atoms in total. The average Bonchev–Trinajstić information content (AvgIpc) is 3.38. The lowest BCUT2D eigenvalue weighted by Crippen LogP contribution is -2.47. The number of hydrogen-bond donors (Lipinski definition) is 0. The highest BCUT2D eigenvalue weighted by Gasteiger charge is 2.41. The number of benzene rings is 4. The van der Waals surface area contributed by atoms with Crippen LogP contribution in [-0.2, 0) is 6.42 Å². The molecule has 2 unspecified atom stereocenters. The van der Waals surface area contributed by atoms with E-state index in [0.29, 0.717) is 18.0 Å². The Labute approximate surface area is 247 Å². The standard InChI is InChI=1S/C39H44N2/c1-28-13-17-34(18-14-28)40(32-9-5-3-6-10-32)36-21-23-38-30(26-36)25-31-27-37(22-24-39(31)38)41(33-11-7-4-8-12-33)35-19-15-29(2)16-20-35/h3,5-6,9-10,13-21,23,26,31,33,37,39H,4,7-8,11-12,22,24-25,27H2,1-2H3/t31?,37-,39?/m1/s1. The van der Waals surface area contributed by atoms with E-state index in [2.05, 4.69) is 121 Å². The zero-order chi connectivity index (χ0) is 27.8. The van der Waals surface area contributed by atoms with Gasteiger partial charge >= 0.3 is 0 Å². The monoisotopic (exact) mass is 540 g/mol. The fourth-order valence-electron chi connectivity index (χ4n) is 8.19. The van der Waals surface area contributed by atoms with E-state index in [1.165, 1.54) is 91.7 Å². The first-order valence-corrected chi connectivity index (χ1v) is 16.0. The number of anilines is 4. The molecule has 0 aliphatic heterocycles. The molecule has 210 valence electrons. The van der Waals surface area contributed by atoms with E-state index in [1.54, 1.807) is 11.1 Å². The molecule has 7 rings (SSSR count). The van der Waals surface area contributed by atoms with Crippen LogP contribution in [0.2, 0.25) is 0 Å². The van der Waals surface area contributed by atoms with E-state index in [9.17, 15) is 0 Å². The maximum absolute atomic E-state index is 2.89.